The highest BCUT2D eigenvalue weighted by Crippen LogP contribution is 2.17. The normalized spacial score (nSPS) is 15.0. The number of piperidine rings is 1. The van der Waals surface area contributed by atoms with Gasteiger partial charge in [-0.2, -0.15) is 0 Å². The van der Waals surface area contributed by atoms with Gasteiger partial charge in [0.25, 0.3) is 0 Å². The lowest BCUT2D eigenvalue weighted by molar-refractivity contribution is 0.233. The molecule has 3 nitrogen and oxygen atoms in total. The molecule has 23 heavy (non-hydrogen) atoms. The molecule has 2 heterocycles. The molecule has 1 aromatic heterocycles. The summed E-state index contributed by atoms with van der Waals surface area (Å²) in [6.45, 7) is 5.70. The van der Waals surface area contributed by atoms with Gasteiger partial charge in [-0.05, 0) is 55.8 Å². The molecule has 0 N–H and O–H groups in total. The van der Waals surface area contributed by atoms with Gasteiger partial charge in [-0.1, -0.05) is 24.6 Å². The Kier molecular flexibility index (Phi) is 7.37. The summed E-state index contributed by atoms with van der Waals surface area (Å²) in [5, 5.41) is 0. The molecule has 0 radical (unpaired) electrons. The third kappa shape index (κ3) is 5.52. The maximum Gasteiger partial charge on any atom is 0.0431 e. The van der Waals surface area contributed by atoms with Crippen molar-refractivity contribution < 1.29 is 0 Å². The van der Waals surface area contributed by atoms with Gasteiger partial charge in [0.05, 0.1) is 0 Å². The van der Waals surface area contributed by atoms with Crippen LogP contribution in [0.1, 0.15) is 24.8 Å². The fourth-order valence-corrected chi connectivity index (χ4v) is 3.09. The van der Waals surface area contributed by atoms with Crippen molar-refractivity contribution in [1.29, 1.82) is 0 Å². The lowest BCUT2D eigenvalue weighted by atomic mass is 10.1. The van der Waals surface area contributed by atoms with Crippen LogP contribution >= 0.6 is 12.4 Å². The Morgan fingerprint density at radius 1 is 0.913 bits per heavy atom. The Bertz CT molecular complexity index is 541. The fourth-order valence-electron chi connectivity index (χ4n) is 3.09. The number of hydrogen-bond donors (Lipinski definition) is 0. The van der Waals surface area contributed by atoms with E-state index in [2.05, 4.69) is 57.2 Å². The first-order valence-corrected chi connectivity index (χ1v) is 8.33. The Hall–Kier alpha value is -1.58. The van der Waals surface area contributed by atoms with Crippen LogP contribution in [0.3, 0.4) is 0 Å². The molecule has 1 saturated heterocycles. The summed E-state index contributed by atoms with van der Waals surface area (Å²) in [6.07, 6.45) is 7.87. The van der Waals surface area contributed by atoms with Gasteiger partial charge in [-0.25, -0.2) is 0 Å². The van der Waals surface area contributed by atoms with Crippen molar-refractivity contribution in [2.24, 2.45) is 0 Å². The number of aromatic nitrogens is 1. The van der Waals surface area contributed by atoms with Crippen LogP contribution in [-0.2, 0) is 6.54 Å². The molecular weight excluding hydrogens is 306 g/mol. The number of rotatable bonds is 6. The van der Waals surface area contributed by atoms with E-state index in [4.69, 9.17) is 0 Å². The summed E-state index contributed by atoms with van der Waals surface area (Å²) >= 11 is 0. The number of nitrogens with zero attached hydrogens (tertiary/aromatic N) is 3. The largest absolute Gasteiger partial charge is 0.366 e. The second-order valence-corrected chi connectivity index (χ2v) is 6.01. The van der Waals surface area contributed by atoms with Gasteiger partial charge >= 0.3 is 0 Å². The molecule has 0 aliphatic carbocycles. The summed E-state index contributed by atoms with van der Waals surface area (Å²) in [5.74, 6) is 0. The van der Waals surface area contributed by atoms with Crippen LogP contribution in [0.15, 0.2) is 54.9 Å². The molecule has 0 spiro atoms. The molecule has 0 amide bonds. The number of hydrogen-bond acceptors (Lipinski definition) is 3. The Balaban J connectivity index is 0.00000192. The summed E-state index contributed by atoms with van der Waals surface area (Å²) in [5.41, 5.74) is 2.62. The zero-order chi connectivity index (χ0) is 15.0. The number of benzene rings is 1. The first-order valence-electron chi connectivity index (χ1n) is 8.33. The van der Waals surface area contributed by atoms with E-state index in [1.165, 1.54) is 43.6 Å². The molecule has 1 fully saturated rings. The average Bonchev–Trinajstić information content (AvgIpc) is 2.61. The standard InChI is InChI=1S/C19H25N3.ClH/c1-3-7-19(8-4-1)22(17-18-9-11-20-12-10-18)16-15-21-13-5-2-6-14-21;/h1,3-4,7-12H,2,5-6,13-17H2;1H. The van der Waals surface area contributed by atoms with Crippen molar-refractivity contribution in [2.45, 2.75) is 25.8 Å². The van der Waals surface area contributed by atoms with Gasteiger partial charge in [0, 0.05) is 37.7 Å². The SMILES string of the molecule is Cl.c1ccc(N(CCN2CCCCC2)Cc2ccncc2)cc1. The molecule has 0 bridgehead atoms. The summed E-state index contributed by atoms with van der Waals surface area (Å²) < 4.78 is 0. The highest BCUT2D eigenvalue weighted by atomic mass is 35.5. The van der Waals surface area contributed by atoms with E-state index in [0.717, 1.165) is 19.6 Å². The molecule has 124 valence electrons. The summed E-state index contributed by atoms with van der Waals surface area (Å²) in [6, 6.07) is 15.0. The van der Waals surface area contributed by atoms with Crippen molar-refractivity contribution in [3.8, 4) is 0 Å². The number of para-hydroxylation sites is 1. The van der Waals surface area contributed by atoms with Crippen LogP contribution in [0.5, 0.6) is 0 Å². The van der Waals surface area contributed by atoms with E-state index in [0.29, 0.717) is 0 Å². The predicted molar refractivity (Wildman–Crippen MR) is 99.3 cm³/mol. The molecule has 1 aromatic carbocycles. The monoisotopic (exact) mass is 331 g/mol. The van der Waals surface area contributed by atoms with Crippen LogP contribution in [0.25, 0.3) is 0 Å². The number of halogens is 1. The van der Waals surface area contributed by atoms with Crippen molar-refractivity contribution in [1.82, 2.24) is 9.88 Å². The van der Waals surface area contributed by atoms with E-state index in [9.17, 15) is 0 Å². The van der Waals surface area contributed by atoms with Gasteiger partial charge in [-0.15, -0.1) is 12.4 Å². The number of anilines is 1. The second kappa shape index (κ2) is 9.53. The molecule has 1 aliphatic rings. The number of pyridine rings is 1. The molecule has 2 aromatic rings. The maximum absolute atomic E-state index is 4.12. The second-order valence-electron chi connectivity index (χ2n) is 6.01. The predicted octanol–water partition coefficient (Wildman–Crippen LogP) is 4.00. The first kappa shape index (κ1) is 17.8. The fraction of sp³-hybridized carbons (Fsp3) is 0.421. The highest BCUT2D eigenvalue weighted by molar-refractivity contribution is 5.85. The lowest BCUT2D eigenvalue weighted by Crippen LogP contribution is -2.37. The van der Waals surface area contributed by atoms with Gasteiger partial charge in [-0.3, -0.25) is 4.98 Å². The smallest absolute Gasteiger partial charge is 0.0431 e. The Morgan fingerprint density at radius 3 is 2.30 bits per heavy atom. The summed E-state index contributed by atoms with van der Waals surface area (Å²) in [4.78, 5) is 9.20. The van der Waals surface area contributed by atoms with Crippen molar-refractivity contribution >= 4 is 18.1 Å². The van der Waals surface area contributed by atoms with Crippen molar-refractivity contribution in [3.63, 3.8) is 0 Å². The quantitative estimate of drug-likeness (QED) is 0.797. The molecule has 4 heteroatoms. The molecule has 0 saturated carbocycles. The van der Waals surface area contributed by atoms with E-state index >= 15 is 0 Å². The van der Waals surface area contributed by atoms with Crippen LogP contribution in [-0.4, -0.2) is 36.1 Å². The first-order chi connectivity index (χ1) is 10.9. The molecular formula is C19H26ClN3. The van der Waals surface area contributed by atoms with E-state index in [-0.39, 0.29) is 12.4 Å². The van der Waals surface area contributed by atoms with Crippen LogP contribution in [0.4, 0.5) is 5.69 Å². The number of likely N-dealkylation sites (tertiary alicyclic amines) is 1. The molecule has 0 unspecified atom stereocenters. The third-order valence-electron chi connectivity index (χ3n) is 4.38. The van der Waals surface area contributed by atoms with Gasteiger partial charge in [0.2, 0.25) is 0 Å². The van der Waals surface area contributed by atoms with Crippen LogP contribution < -0.4 is 4.90 Å². The van der Waals surface area contributed by atoms with Gasteiger partial charge < -0.3 is 9.80 Å². The minimum atomic E-state index is 0. The van der Waals surface area contributed by atoms with E-state index in [1.807, 2.05) is 12.4 Å². The summed E-state index contributed by atoms with van der Waals surface area (Å²) in [7, 11) is 0. The maximum atomic E-state index is 4.12. The zero-order valence-electron chi connectivity index (χ0n) is 13.6. The van der Waals surface area contributed by atoms with Crippen LogP contribution in [0.2, 0.25) is 0 Å². The van der Waals surface area contributed by atoms with Gasteiger partial charge in [0.1, 0.15) is 0 Å². The zero-order valence-corrected chi connectivity index (χ0v) is 14.4. The van der Waals surface area contributed by atoms with E-state index < -0.39 is 0 Å². The topological polar surface area (TPSA) is 19.4 Å². The van der Waals surface area contributed by atoms with Gasteiger partial charge in [0.15, 0.2) is 0 Å². The highest BCUT2D eigenvalue weighted by Gasteiger charge is 2.13. The Labute approximate surface area is 145 Å². The van der Waals surface area contributed by atoms with Crippen LogP contribution in [0, 0.1) is 0 Å². The minimum absolute atomic E-state index is 0. The Morgan fingerprint density at radius 2 is 1.61 bits per heavy atom. The average molecular weight is 332 g/mol. The van der Waals surface area contributed by atoms with E-state index in [1.54, 1.807) is 0 Å². The molecule has 0 atom stereocenters. The minimum Gasteiger partial charge on any atom is -0.366 e. The van der Waals surface area contributed by atoms with Crippen molar-refractivity contribution in [2.75, 3.05) is 31.1 Å². The molecule has 1 aliphatic heterocycles. The lowest BCUT2D eigenvalue weighted by Gasteiger charge is -2.31. The van der Waals surface area contributed by atoms with Crippen molar-refractivity contribution in [3.05, 3.63) is 60.4 Å². The molecule has 3 rings (SSSR count). The third-order valence-corrected chi connectivity index (χ3v) is 4.38.